The van der Waals surface area contributed by atoms with E-state index < -0.39 is 0 Å². The minimum Gasteiger partial charge on any atom is -0.506 e. The van der Waals surface area contributed by atoms with Crippen LogP contribution in [-0.4, -0.2) is 17.7 Å². The molecule has 4 nitrogen and oxygen atoms in total. The van der Waals surface area contributed by atoms with Gasteiger partial charge in [0, 0.05) is 12.2 Å². The van der Waals surface area contributed by atoms with Gasteiger partial charge in [0.2, 0.25) is 0 Å². The monoisotopic (exact) mass is 378 g/mol. The van der Waals surface area contributed by atoms with Crippen LogP contribution in [0.15, 0.2) is 21.1 Å². The van der Waals surface area contributed by atoms with Crippen LogP contribution in [0.3, 0.4) is 0 Å². The highest BCUT2D eigenvalue weighted by Crippen LogP contribution is 2.35. The van der Waals surface area contributed by atoms with Gasteiger partial charge >= 0.3 is 6.03 Å². The van der Waals surface area contributed by atoms with E-state index in [1.54, 1.807) is 12.1 Å². The quantitative estimate of drug-likeness (QED) is 0.529. The molecule has 0 unspecified atom stereocenters. The lowest BCUT2D eigenvalue weighted by Crippen LogP contribution is -2.29. The summed E-state index contributed by atoms with van der Waals surface area (Å²) in [5.74, 6) is 0.115. The number of carbonyl (C=O) groups excluding carboxylic acids is 1. The molecule has 1 rings (SSSR count). The largest absolute Gasteiger partial charge is 0.506 e. The number of hydrogen-bond acceptors (Lipinski definition) is 2. The molecular weight excluding hydrogens is 364 g/mol. The predicted molar refractivity (Wildman–Crippen MR) is 80.1 cm³/mol. The number of carbonyl (C=O) groups is 1. The standard InChI is InChI=1S/C12H16Br2N2O2/c1-2-3-4-5-15-12(18)16-8-6-9(13)11(17)10(14)7-8/h6-7,17H,2-5H2,1H3,(H2,15,16,18). The molecule has 18 heavy (non-hydrogen) atoms. The molecule has 0 bridgehead atoms. The van der Waals surface area contributed by atoms with Gasteiger partial charge in [0.25, 0.3) is 0 Å². The van der Waals surface area contributed by atoms with Crippen LogP contribution in [0.5, 0.6) is 5.75 Å². The Bertz CT molecular complexity index is 402. The second-order valence-corrected chi connectivity index (χ2v) is 5.59. The summed E-state index contributed by atoms with van der Waals surface area (Å²) < 4.78 is 1.05. The number of hydrogen-bond donors (Lipinski definition) is 3. The molecule has 0 aliphatic heterocycles. The molecule has 6 heteroatoms. The van der Waals surface area contributed by atoms with Gasteiger partial charge in [0.1, 0.15) is 5.75 Å². The Morgan fingerprint density at radius 1 is 1.28 bits per heavy atom. The van der Waals surface area contributed by atoms with Crippen molar-refractivity contribution in [3.05, 3.63) is 21.1 Å². The first-order valence-corrected chi connectivity index (χ1v) is 7.36. The summed E-state index contributed by atoms with van der Waals surface area (Å²) in [4.78, 5) is 11.6. The zero-order chi connectivity index (χ0) is 13.5. The van der Waals surface area contributed by atoms with E-state index >= 15 is 0 Å². The average molecular weight is 380 g/mol. The second kappa shape index (κ2) is 7.63. The van der Waals surface area contributed by atoms with Gasteiger partial charge in [-0.15, -0.1) is 0 Å². The van der Waals surface area contributed by atoms with Gasteiger partial charge in [0.15, 0.2) is 0 Å². The molecule has 0 aliphatic rings. The van der Waals surface area contributed by atoms with E-state index in [-0.39, 0.29) is 11.8 Å². The SMILES string of the molecule is CCCCCNC(=O)Nc1cc(Br)c(O)c(Br)c1. The maximum Gasteiger partial charge on any atom is 0.319 e. The van der Waals surface area contributed by atoms with Gasteiger partial charge in [-0.3, -0.25) is 0 Å². The van der Waals surface area contributed by atoms with Crippen molar-refractivity contribution >= 4 is 43.6 Å². The van der Waals surface area contributed by atoms with Gasteiger partial charge in [-0.1, -0.05) is 19.8 Å². The van der Waals surface area contributed by atoms with Crippen molar-refractivity contribution in [3.8, 4) is 5.75 Å². The van der Waals surface area contributed by atoms with E-state index in [1.807, 2.05) is 0 Å². The van der Waals surface area contributed by atoms with Crippen molar-refractivity contribution in [2.45, 2.75) is 26.2 Å². The first-order valence-electron chi connectivity index (χ1n) is 5.77. The molecule has 3 N–H and O–H groups in total. The van der Waals surface area contributed by atoms with E-state index in [4.69, 9.17) is 0 Å². The number of phenols is 1. The Balaban J connectivity index is 2.49. The molecule has 0 aromatic heterocycles. The lowest BCUT2D eigenvalue weighted by atomic mass is 10.2. The molecule has 1 aromatic carbocycles. The molecule has 0 saturated carbocycles. The van der Waals surface area contributed by atoms with Crippen molar-refractivity contribution in [2.24, 2.45) is 0 Å². The fourth-order valence-corrected chi connectivity index (χ4v) is 2.58. The number of aromatic hydroxyl groups is 1. The summed E-state index contributed by atoms with van der Waals surface area (Å²) in [5.41, 5.74) is 0.611. The van der Waals surface area contributed by atoms with Crippen LogP contribution in [0, 0.1) is 0 Å². The summed E-state index contributed by atoms with van der Waals surface area (Å²) in [5, 5.41) is 15.0. The molecule has 0 atom stereocenters. The highest BCUT2D eigenvalue weighted by Gasteiger charge is 2.07. The van der Waals surface area contributed by atoms with Crippen molar-refractivity contribution in [1.29, 1.82) is 0 Å². The third-order valence-electron chi connectivity index (χ3n) is 2.34. The fourth-order valence-electron chi connectivity index (χ4n) is 1.39. The lowest BCUT2D eigenvalue weighted by Gasteiger charge is -2.09. The number of unbranched alkanes of at least 4 members (excludes halogenated alkanes) is 2. The van der Waals surface area contributed by atoms with Gasteiger partial charge < -0.3 is 15.7 Å². The molecule has 0 heterocycles. The number of rotatable bonds is 5. The Morgan fingerprint density at radius 2 is 1.89 bits per heavy atom. The number of halogens is 2. The zero-order valence-corrected chi connectivity index (χ0v) is 13.3. The van der Waals surface area contributed by atoms with E-state index in [1.165, 1.54) is 0 Å². The number of phenolic OH excluding ortho intramolecular Hbond substituents is 1. The number of amides is 2. The molecular formula is C12H16Br2N2O2. The smallest absolute Gasteiger partial charge is 0.319 e. The van der Waals surface area contributed by atoms with Gasteiger partial charge in [-0.05, 0) is 50.4 Å². The van der Waals surface area contributed by atoms with E-state index in [0.717, 1.165) is 19.3 Å². The van der Waals surface area contributed by atoms with Crippen LogP contribution in [-0.2, 0) is 0 Å². The van der Waals surface area contributed by atoms with Crippen LogP contribution in [0.2, 0.25) is 0 Å². The third-order valence-corrected chi connectivity index (χ3v) is 3.55. The zero-order valence-electron chi connectivity index (χ0n) is 10.1. The van der Waals surface area contributed by atoms with Crippen LogP contribution in [0.1, 0.15) is 26.2 Å². The Kier molecular flexibility index (Phi) is 6.49. The Hall–Kier alpha value is -0.750. The highest BCUT2D eigenvalue weighted by molar-refractivity contribution is 9.11. The van der Waals surface area contributed by atoms with Gasteiger partial charge in [-0.25, -0.2) is 4.79 Å². The second-order valence-electron chi connectivity index (χ2n) is 3.88. The summed E-state index contributed by atoms with van der Waals surface area (Å²) >= 11 is 6.42. The minimum atomic E-state index is -0.240. The number of urea groups is 1. The van der Waals surface area contributed by atoms with Crippen LogP contribution in [0.4, 0.5) is 10.5 Å². The minimum absolute atomic E-state index is 0.115. The average Bonchev–Trinajstić information content (AvgIpc) is 2.31. The molecule has 100 valence electrons. The van der Waals surface area contributed by atoms with Crippen molar-refractivity contribution in [2.75, 3.05) is 11.9 Å². The number of nitrogens with one attached hydrogen (secondary N) is 2. The van der Waals surface area contributed by atoms with Crippen LogP contribution < -0.4 is 10.6 Å². The molecule has 0 fully saturated rings. The molecule has 0 saturated heterocycles. The Labute approximate surface area is 123 Å². The van der Waals surface area contributed by atoms with Crippen LogP contribution in [0.25, 0.3) is 0 Å². The first-order chi connectivity index (χ1) is 8.54. The highest BCUT2D eigenvalue weighted by atomic mass is 79.9. The summed E-state index contributed by atoms with van der Waals surface area (Å²) in [7, 11) is 0. The molecule has 1 aromatic rings. The van der Waals surface area contributed by atoms with E-state index in [9.17, 15) is 9.90 Å². The normalized spacial score (nSPS) is 10.2. The molecule has 0 spiro atoms. The van der Waals surface area contributed by atoms with E-state index in [2.05, 4.69) is 49.4 Å². The molecule has 2 amide bonds. The van der Waals surface area contributed by atoms with Gasteiger partial charge in [-0.2, -0.15) is 0 Å². The summed E-state index contributed by atoms with van der Waals surface area (Å²) in [6.07, 6.45) is 3.21. The summed E-state index contributed by atoms with van der Waals surface area (Å²) in [6.45, 7) is 2.78. The van der Waals surface area contributed by atoms with Crippen molar-refractivity contribution in [1.82, 2.24) is 5.32 Å². The van der Waals surface area contributed by atoms with Crippen molar-refractivity contribution in [3.63, 3.8) is 0 Å². The third kappa shape index (κ3) is 4.86. The predicted octanol–water partition coefficient (Wildman–Crippen LogP) is 4.23. The maximum atomic E-state index is 11.6. The topological polar surface area (TPSA) is 61.4 Å². The maximum absolute atomic E-state index is 11.6. The fraction of sp³-hybridized carbons (Fsp3) is 0.417. The molecule has 0 radical (unpaired) electrons. The summed E-state index contributed by atoms with van der Waals surface area (Å²) in [6, 6.07) is 3.05. The van der Waals surface area contributed by atoms with Crippen LogP contribution >= 0.6 is 31.9 Å². The Morgan fingerprint density at radius 3 is 2.44 bits per heavy atom. The van der Waals surface area contributed by atoms with Gasteiger partial charge in [0.05, 0.1) is 8.95 Å². The van der Waals surface area contributed by atoms with E-state index in [0.29, 0.717) is 21.2 Å². The first kappa shape index (κ1) is 15.3. The van der Waals surface area contributed by atoms with Crippen molar-refractivity contribution < 1.29 is 9.90 Å². The lowest BCUT2D eigenvalue weighted by molar-refractivity contribution is 0.252. The number of anilines is 1. The molecule has 0 aliphatic carbocycles. The number of benzene rings is 1.